The number of amides is 3. The van der Waals surface area contributed by atoms with Gasteiger partial charge in [0.15, 0.2) is 0 Å². The smallest absolute Gasteiger partial charge is 0.255 e. The maximum atomic E-state index is 13.1. The molecule has 0 aliphatic carbocycles. The molecule has 1 atom stereocenters. The first-order chi connectivity index (χ1) is 14.6. The lowest BCUT2D eigenvalue weighted by molar-refractivity contribution is -0.136. The van der Waals surface area contributed by atoms with Gasteiger partial charge in [-0.3, -0.25) is 19.7 Å². The lowest BCUT2D eigenvalue weighted by Crippen LogP contribution is -2.52. The molecule has 1 aromatic heterocycles. The minimum atomic E-state index is -0.610. The molecular formula is C21H22N6O3. The molecule has 3 aliphatic rings. The molecule has 154 valence electrons. The van der Waals surface area contributed by atoms with E-state index in [1.807, 2.05) is 24.4 Å². The van der Waals surface area contributed by atoms with E-state index < -0.39 is 11.9 Å². The van der Waals surface area contributed by atoms with Crippen LogP contribution < -0.4 is 16.0 Å². The van der Waals surface area contributed by atoms with Crippen LogP contribution in [0.25, 0.3) is 0 Å². The average molecular weight is 406 g/mol. The summed E-state index contributed by atoms with van der Waals surface area (Å²) >= 11 is 0. The van der Waals surface area contributed by atoms with Crippen molar-refractivity contribution in [3.63, 3.8) is 0 Å². The predicted molar refractivity (Wildman–Crippen MR) is 107 cm³/mol. The minimum Gasteiger partial charge on any atom is -0.350 e. The summed E-state index contributed by atoms with van der Waals surface area (Å²) < 4.78 is 0. The third-order valence-electron chi connectivity index (χ3n) is 5.88. The summed E-state index contributed by atoms with van der Waals surface area (Å²) in [5, 5.41) is 8.87. The monoisotopic (exact) mass is 406 g/mol. The SMILES string of the molecule is O=C1CCC(N2Cc3cccc(CNc4ncc5c(n4)CCNC5)c3C2=O)C(=O)N1. The molecule has 9 heteroatoms. The van der Waals surface area contributed by atoms with Crippen molar-refractivity contribution < 1.29 is 14.4 Å². The van der Waals surface area contributed by atoms with Gasteiger partial charge in [-0.2, -0.15) is 0 Å². The van der Waals surface area contributed by atoms with Gasteiger partial charge in [0.25, 0.3) is 5.91 Å². The normalized spacial score (nSPS) is 20.6. The Bertz CT molecular complexity index is 1050. The Morgan fingerprint density at radius 1 is 1.17 bits per heavy atom. The molecule has 0 radical (unpaired) electrons. The summed E-state index contributed by atoms with van der Waals surface area (Å²) in [6.45, 7) is 2.47. The Labute approximate surface area is 173 Å². The molecule has 3 aliphatic heterocycles. The number of hydrogen-bond donors (Lipinski definition) is 3. The van der Waals surface area contributed by atoms with E-state index in [9.17, 15) is 14.4 Å². The minimum absolute atomic E-state index is 0.172. The lowest BCUT2D eigenvalue weighted by Gasteiger charge is -2.29. The number of nitrogens with one attached hydrogen (secondary N) is 3. The molecule has 0 bridgehead atoms. The Morgan fingerprint density at radius 3 is 2.93 bits per heavy atom. The second-order valence-electron chi connectivity index (χ2n) is 7.80. The molecule has 5 rings (SSSR count). The summed E-state index contributed by atoms with van der Waals surface area (Å²) in [4.78, 5) is 47.4. The highest BCUT2D eigenvalue weighted by atomic mass is 16.2. The number of imide groups is 1. The van der Waals surface area contributed by atoms with Gasteiger partial charge in [-0.1, -0.05) is 18.2 Å². The van der Waals surface area contributed by atoms with E-state index >= 15 is 0 Å². The van der Waals surface area contributed by atoms with Crippen LogP contribution in [0.3, 0.4) is 0 Å². The number of carbonyl (C=O) groups is 3. The van der Waals surface area contributed by atoms with Gasteiger partial charge in [-0.05, 0) is 17.5 Å². The number of fused-ring (bicyclic) bond motifs is 2. The van der Waals surface area contributed by atoms with Gasteiger partial charge < -0.3 is 15.5 Å². The highest BCUT2D eigenvalue weighted by Crippen LogP contribution is 2.30. The number of aromatic nitrogens is 2. The van der Waals surface area contributed by atoms with Crippen molar-refractivity contribution in [3.05, 3.63) is 52.3 Å². The van der Waals surface area contributed by atoms with Crippen LogP contribution in [0.15, 0.2) is 24.4 Å². The van der Waals surface area contributed by atoms with Gasteiger partial charge in [0.2, 0.25) is 17.8 Å². The molecule has 1 saturated heterocycles. The highest BCUT2D eigenvalue weighted by molar-refractivity contribution is 6.06. The maximum absolute atomic E-state index is 13.1. The van der Waals surface area contributed by atoms with Gasteiger partial charge >= 0.3 is 0 Å². The van der Waals surface area contributed by atoms with Gasteiger partial charge in [0, 0.05) is 56.3 Å². The van der Waals surface area contributed by atoms with E-state index in [-0.39, 0.29) is 18.2 Å². The van der Waals surface area contributed by atoms with Gasteiger partial charge in [-0.25, -0.2) is 9.97 Å². The van der Waals surface area contributed by atoms with Crippen molar-refractivity contribution in [1.29, 1.82) is 0 Å². The third-order valence-corrected chi connectivity index (χ3v) is 5.88. The number of hydrogen-bond acceptors (Lipinski definition) is 7. The Morgan fingerprint density at radius 2 is 2.07 bits per heavy atom. The lowest BCUT2D eigenvalue weighted by atomic mass is 10.0. The first-order valence-corrected chi connectivity index (χ1v) is 10.1. The quantitative estimate of drug-likeness (QED) is 0.633. The molecule has 9 nitrogen and oxygen atoms in total. The molecule has 3 N–H and O–H groups in total. The second kappa shape index (κ2) is 7.49. The van der Waals surface area contributed by atoms with Crippen molar-refractivity contribution >= 4 is 23.7 Å². The number of benzene rings is 1. The van der Waals surface area contributed by atoms with E-state index in [1.165, 1.54) is 0 Å². The van der Waals surface area contributed by atoms with Crippen LogP contribution in [0.2, 0.25) is 0 Å². The van der Waals surface area contributed by atoms with E-state index in [0.29, 0.717) is 31.0 Å². The van der Waals surface area contributed by atoms with Crippen LogP contribution in [0.1, 0.15) is 45.6 Å². The Hall–Kier alpha value is -3.33. The van der Waals surface area contributed by atoms with Gasteiger partial charge in [-0.15, -0.1) is 0 Å². The fraction of sp³-hybridized carbons (Fsp3) is 0.381. The summed E-state index contributed by atoms with van der Waals surface area (Å²) in [5.41, 5.74) is 4.51. The van der Waals surface area contributed by atoms with Gasteiger partial charge in [0.05, 0.1) is 5.69 Å². The molecule has 3 amide bonds. The van der Waals surface area contributed by atoms with Crippen LogP contribution in [-0.2, 0) is 35.6 Å². The average Bonchev–Trinajstić information content (AvgIpc) is 3.09. The van der Waals surface area contributed by atoms with E-state index in [2.05, 4.69) is 25.9 Å². The maximum Gasteiger partial charge on any atom is 0.255 e. The summed E-state index contributed by atoms with van der Waals surface area (Å²) in [7, 11) is 0. The topological polar surface area (TPSA) is 116 Å². The number of piperidine rings is 1. The molecule has 0 saturated carbocycles. The number of rotatable bonds is 4. The number of carbonyl (C=O) groups excluding carboxylic acids is 3. The summed E-state index contributed by atoms with van der Waals surface area (Å²) in [6.07, 6.45) is 3.31. The third kappa shape index (κ3) is 3.30. The molecule has 30 heavy (non-hydrogen) atoms. The van der Waals surface area contributed by atoms with E-state index in [4.69, 9.17) is 0 Å². The summed E-state index contributed by atoms with van der Waals surface area (Å²) in [6, 6.07) is 5.11. The second-order valence-corrected chi connectivity index (χ2v) is 7.80. The zero-order valence-electron chi connectivity index (χ0n) is 16.4. The first-order valence-electron chi connectivity index (χ1n) is 10.1. The predicted octanol–water partition coefficient (Wildman–Crippen LogP) is 0.495. The van der Waals surface area contributed by atoms with Crippen molar-refractivity contribution in [3.8, 4) is 0 Å². The van der Waals surface area contributed by atoms with Crippen LogP contribution in [0, 0.1) is 0 Å². The number of anilines is 1. The van der Waals surface area contributed by atoms with Crippen molar-refractivity contribution in [2.24, 2.45) is 0 Å². The number of nitrogens with zero attached hydrogens (tertiary/aromatic N) is 3. The van der Waals surface area contributed by atoms with Crippen LogP contribution in [0.5, 0.6) is 0 Å². The van der Waals surface area contributed by atoms with Crippen LogP contribution in [-0.4, -0.2) is 45.2 Å². The van der Waals surface area contributed by atoms with Gasteiger partial charge in [0.1, 0.15) is 6.04 Å². The molecule has 0 spiro atoms. The highest BCUT2D eigenvalue weighted by Gasteiger charge is 2.39. The summed E-state index contributed by atoms with van der Waals surface area (Å²) in [5.74, 6) is -0.315. The molecule has 1 aromatic carbocycles. The van der Waals surface area contributed by atoms with Crippen LogP contribution in [0.4, 0.5) is 5.95 Å². The van der Waals surface area contributed by atoms with Crippen molar-refractivity contribution in [2.45, 2.75) is 44.9 Å². The van der Waals surface area contributed by atoms with Crippen LogP contribution >= 0.6 is 0 Å². The fourth-order valence-electron chi connectivity index (χ4n) is 4.33. The zero-order valence-corrected chi connectivity index (χ0v) is 16.4. The van der Waals surface area contributed by atoms with E-state index in [1.54, 1.807) is 4.90 Å². The van der Waals surface area contributed by atoms with E-state index in [0.717, 1.165) is 41.9 Å². The standard InChI is InChI=1S/C21H22N6O3/c28-17-5-4-16(19(29)26-17)27-11-13-3-1-2-12(18(13)20(27)30)9-23-21-24-10-14-8-22-7-6-15(14)25-21/h1-3,10,16,22H,4-9,11H2,(H,23,24,25)(H,26,28,29). The zero-order chi connectivity index (χ0) is 20.7. The van der Waals surface area contributed by atoms with Crippen molar-refractivity contribution in [1.82, 2.24) is 25.5 Å². The first kappa shape index (κ1) is 18.7. The molecule has 2 aromatic rings. The Kier molecular flexibility index (Phi) is 4.66. The van der Waals surface area contributed by atoms with Crippen molar-refractivity contribution in [2.75, 3.05) is 11.9 Å². The molecule has 1 unspecified atom stereocenters. The Balaban J connectivity index is 1.34. The molecule has 4 heterocycles. The fourth-order valence-corrected chi connectivity index (χ4v) is 4.33. The molecular weight excluding hydrogens is 384 g/mol. The molecule has 1 fully saturated rings. The largest absolute Gasteiger partial charge is 0.350 e.